The van der Waals surface area contributed by atoms with Crippen LogP contribution in [-0.2, 0) is 22.7 Å². The van der Waals surface area contributed by atoms with Crippen LogP contribution in [0, 0.1) is 5.92 Å². The van der Waals surface area contributed by atoms with E-state index in [1.54, 1.807) is 0 Å². The van der Waals surface area contributed by atoms with Gasteiger partial charge >= 0.3 is 0 Å². The van der Waals surface area contributed by atoms with Crippen LogP contribution in [0.3, 0.4) is 0 Å². The average Bonchev–Trinajstić information content (AvgIpc) is 2.83. The summed E-state index contributed by atoms with van der Waals surface area (Å²) in [7, 11) is -2.78. The predicted octanol–water partition coefficient (Wildman–Crippen LogP) is 1.12. The normalized spacial score (nSPS) is 26.4. The van der Waals surface area contributed by atoms with E-state index in [1.807, 2.05) is 0 Å². The molecule has 2 aliphatic heterocycles. The van der Waals surface area contributed by atoms with Crippen molar-refractivity contribution in [1.82, 2.24) is 9.55 Å². The third-order valence-electron chi connectivity index (χ3n) is 4.57. The fraction of sp³-hybridized carbons (Fsp3) is 0.786. The van der Waals surface area contributed by atoms with Gasteiger partial charge in [-0.2, -0.15) is 0 Å². The Morgan fingerprint density at radius 2 is 2.05 bits per heavy atom. The number of hydrogen-bond acceptors (Lipinski definition) is 4. The van der Waals surface area contributed by atoms with Crippen molar-refractivity contribution in [3.05, 3.63) is 17.7 Å². The lowest BCUT2D eigenvalue weighted by atomic mass is 9.97. The molecule has 1 unspecified atom stereocenters. The highest BCUT2D eigenvalue weighted by molar-refractivity contribution is 7.91. The molecule has 1 atom stereocenters. The second-order valence-electron chi connectivity index (χ2n) is 6.08. The number of aliphatic hydroxyl groups is 1. The molecule has 0 saturated carbocycles. The van der Waals surface area contributed by atoms with Gasteiger partial charge in [0.05, 0.1) is 29.8 Å². The zero-order valence-electron chi connectivity index (χ0n) is 11.7. The molecule has 3 heterocycles. The van der Waals surface area contributed by atoms with E-state index in [4.69, 9.17) is 0 Å². The van der Waals surface area contributed by atoms with Gasteiger partial charge in [0.1, 0.15) is 15.7 Å². The molecule has 1 N–H and O–H groups in total. The molecule has 112 valence electrons. The van der Waals surface area contributed by atoms with Gasteiger partial charge in [0, 0.05) is 12.6 Å². The highest BCUT2D eigenvalue weighted by atomic mass is 32.2. The van der Waals surface area contributed by atoms with Gasteiger partial charge in [0.15, 0.2) is 0 Å². The predicted molar refractivity (Wildman–Crippen MR) is 76.4 cm³/mol. The Morgan fingerprint density at radius 1 is 1.30 bits per heavy atom. The minimum Gasteiger partial charge on any atom is -0.394 e. The van der Waals surface area contributed by atoms with Crippen molar-refractivity contribution in [2.75, 3.05) is 18.1 Å². The number of nitrogens with zero attached hydrogens (tertiary/aromatic N) is 2. The summed E-state index contributed by atoms with van der Waals surface area (Å²) in [4.78, 5) is 4.68. The van der Waals surface area contributed by atoms with Crippen molar-refractivity contribution in [2.24, 2.45) is 5.92 Å². The maximum atomic E-state index is 11.4. The van der Waals surface area contributed by atoms with Gasteiger partial charge in [-0.1, -0.05) is 0 Å². The molecule has 0 amide bonds. The van der Waals surface area contributed by atoms with E-state index >= 15 is 0 Å². The highest BCUT2D eigenvalue weighted by Crippen LogP contribution is 2.27. The topological polar surface area (TPSA) is 72.2 Å². The molecule has 0 spiro atoms. The van der Waals surface area contributed by atoms with Gasteiger partial charge in [-0.15, -0.1) is 0 Å². The number of hydrogen-bond donors (Lipinski definition) is 1. The molecule has 1 fully saturated rings. The highest BCUT2D eigenvalue weighted by Gasteiger charge is 2.26. The summed E-state index contributed by atoms with van der Waals surface area (Å²) >= 11 is 0. The quantitative estimate of drug-likeness (QED) is 0.907. The zero-order valence-corrected chi connectivity index (χ0v) is 12.5. The first-order valence-corrected chi connectivity index (χ1v) is 9.27. The Bertz CT molecular complexity index is 565. The van der Waals surface area contributed by atoms with Crippen LogP contribution >= 0.6 is 0 Å². The van der Waals surface area contributed by atoms with E-state index in [0.717, 1.165) is 50.0 Å². The standard InChI is InChI=1S/C14H22N2O3S/c17-10-13-2-1-3-14-15-12(9-16(13)14)8-11-4-6-20(18,19)7-5-11/h9,11,13,17H,1-8,10H2. The van der Waals surface area contributed by atoms with Crippen LogP contribution in [0.2, 0.25) is 0 Å². The smallest absolute Gasteiger partial charge is 0.150 e. The number of imidazole rings is 1. The number of aryl methyl sites for hydroxylation is 1. The summed E-state index contributed by atoms with van der Waals surface area (Å²) < 4.78 is 25.0. The molecule has 0 aliphatic carbocycles. The van der Waals surface area contributed by atoms with E-state index < -0.39 is 9.84 Å². The lowest BCUT2D eigenvalue weighted by Crippen LogP contribution is -2.24. The minimum absolute atomic E-state index is 0.171. The van der Waals surface area contributed by atoms with E-state index in [1.165, 1.54) is 0 Å². The van der Waals surface area contributed by atoms with Gasteiger partial charge < -0.3 is 9.67 Å². The number of sulfone groups is 1. The van der Waals surface area contributed by atoms with Crippen LogP contribution in [0.1, 0.15) is 43.2 Å². The minimum atomic E-state index is -2.78. The van der Waals surface area contributed by atoms with E-state index in [0.29, 0.717) is 17.4 Å². The van der Waals surface area contributed by atoms with E-state index in [2.05, 4.69) is 15.7 Å². The molecule has 20 heavy (non-hydrogen) atoms. The van der Waals surface area contributed by atoms with Crippen LogP contribution < -0.4 is 0 Å². The molecule has 6 heteroatoms. The Balaban J connectivity index is 1.68. The molecular formula is C14H22N2O3S. The molecule has 1 aromatic rings. The molecular weight excluding hydrogens is 276 g/mol. The third-order valence-corrected chi connectivity index (χ3v) is 6.29. The monoisotopic (exact) mass is 298 g/mol. The SMILES string of the molecule is O=S1(=O)CCC(Cc2cn3c(n2)CCCC3CO)CC1. The molecule has 1 aromatic heterocycles. The molecule has 5 nitrogen and oxygen atoms in total. The first-order chi connectivity index (χ1) is 9.57. The van der Waals surface area contributed by atoms with Crippen molar-refractivity contribution in [3.8, 4) is 0 Å². The summed E-state index contributed by atoms with van der Waals surface area (Å²) in [6.07, 6.45) is 7.54. The molecule has 0 bridgehead atoms. The summed E-state index contributed by atoms with van der Waals surface area (Å²) in [5.41, 5.74) is 1.06. The van der Waals surface area contributed by atoms with Crippen LogP contribution in [0.25, 0.3) is 0 Å². The van der Waals surface area contributed by atoms with Crippen molar-refractivity contribution in [1.29, 1.82) is 0 Å². The lowest BCUT2D eigenvalue weighted by molar-refractivity contribution is 0.206. The number of fused-ring (bicyclic) bond motifs is 1. The zero-order chi connectivity index (χ0) is 14.2. The third kappa shape index (κ3) is 2.91. The van der Waals surface area contributed by atoms with Crippen LogP contribution in [0.5, 0.6) is 0 Å². The van der Waals surface area contributed by atoms with Crippen molar-refractivity contribution < 1.29 is 13.5 Å². The summed E-state index contributed by atoms with van der Waals surface area (Å²) in [5, 5.41) is 9.41. The molecule has 1 saturated heterocycles. The van der Waals surface area contributed by atoms with Gasteiger partial charge in [-0.3, -0.25) is 0 Å². The van der Waals surface area contributed by atoms with E-state index in [-0.39, 0.29) is 12.6 Å². The number of aliphatic hydroxyl groups excluding tert-OH is 1. The fourth-order valence-corrected chi connectivity index (χ4v) is 4.93. The Kier molecular flexibility index (Phi) is 3.86. The van der Waals surface area contributed by atoms with Gasteiger partial charge in [0.2, 0.25) is 0 Å². The largest absolute Gasteiger partial charge is 0.394 e. The second-order valence-corrected chi connectivity index (χ2v) is 8.39. The Morgan fingerprint density at radius 3 is 2.75 bits per heavy atom. The van der Waals surface area contributed by atoms with Crippen LogP contribution in [0.15, 0.2) is 6.20 Å². The Labute approximate surface area is 119 Å². The maximum Gasteiger partial charge on any atom is 0.150 e. The van der Waals surface area contributed by atoms with Crippen molar-refractivity contribution >= 4 is 9.84 Å². The summed E-state index contributed by atoms with van der Waals surface area (Å²) in [6, 6.07) is 0.173. The van der Waals surface area contributed by atoms with Crippen molar-refractivity contribution in [2.45, 2.75) is 44.6 Å². The second kappa shape index (κ2) is 5.48. The number of rotatable bonds is 3. The average molecular weight is 298 g/mol. The van der Waals surface area contributed by atoms with Crippen LogP contribution in [0.4, 0.5) is 0 Å². The summed E-state index contributed by atoms with van der Waals surface area (Å²) in [5.74, 6) is 2.16. The Hall–Kier alpha value is -0.880. The first-order valence-electron chi connectivity index (χ1n) is 7.45. The molecule has 0 aromatic carbocycles. The molecule has 2 aliphatic rings. The first kappa shape index (κ1) is 14.1. The van der Waals surface area contributed by atoms with Gasteiger partial charge in [-0.25, -0.2) is 13.4 Å². The fourth-order valence-electron chi connectivity index (χ4n) is 3.34. The van der Waals surface area contributed by atoms with Gasteiger partial charge in [-0.05, 0) is 38.0 Å². The van der Waals surface area contributed by atoms with Crippen LogP contribution in [-0.4, -0.2) is 41.2 Å². The number of aromatic nitrogens is 2. The lowest BCUT2D eigenvalue weighted by Gasteiger charge is -2.22. The van der Waals surface area contributed by atoms with Gasteiger partial charge in [0.25, 0.3) is 0 Å². The van der Waals surface area contributed by atoms with E-state index in [9.17, 15) is 13.5 Å². The summed E-state index contributed by atoms with van der Waals surface area (Å²) in [6.45, 7) is 0.171. The van der Waals surface area contributed by atoms with Crippen molar-refractivity contribution in [3.63, 3.8) is 0 Å². The molecule has 3 rings (SSSR count). The maximum absolute atomic E-state index is 11.4. The molecule has 0 radical (unpaired) electrons.